The molecule has 5 heteroatoms. The summed E-state index contributed by atoms with van der Waals surface area (Å²) in [6.45, 7) is 0.718. The first-order valence-corrected chi connectivity index (χ1v) is 11.4. The first kappa shape index (κ1) is 23.2. The second-order valence-electron chi connectivity index (χ2n) is 9.07. The molecule has 0 bridgehead atoms. The van der Waals surface area contributed by atoms with E-state index >= 15 is 0 Å². The Morgan fingerprint density at radius 3 is 2.07 bits per heavy atom. The minimum absolute atomic E-state index is 0.143. The number of benzene rings is 1. The summed E-state index contributed by atoms with van der Waals surface area (Å²) in [5.41, 5.74) is 1.09. The van der Waals surface area contributed by atoms with E-state index in [1.54, 1.807) is 19.2 Å². The summed E-state index contributed by atoms with van der Waals surface area (Å²) >= 11 is 0. The minimum atomic E-state index is -4.62. The molecule has 0 N–H and O–H groups in total. The zero-order valence-electron chi connectivity index (χ0n) is 18.0. The molecule has 2 aliphatic carbocycles. The number of ether oxygens (including phenoxy) is 2. The first-order chi connectivity index (χ1) is 14.4. The van der Waals surface area contributed by atoms with Gasteiger partial charge in [-0.1, -0.05) is 37.1 Å². The number of alkyl halides is 3. The van der Waals surface area contributed by atoms with Crippen LogP contribution in [0.25, 0.3) is 0 Å². The molecule has 0 aliphatic heterocycles. The Balaban J connectivity index is 1.34. The topological polar surface area (TPSA) is 18.5 Å². The predicted molar refractivity (Wildman–Crippen MR) is 113 cm³/mol. The lowest BCUT2D eigenvalue weighted by atomic mass is 9.68. The van der Waals surface area contributed by atoms with Gasteiger partial charge in [0.15, 0.2) is 0 Å². The van der Waals surface area contributed by atoms with Crippen molar-refractivity contribution in [3.8, 4) is 5.75 Å². The second kappa shape index (κ2) is 11.2. The Morgan fingerprint density at radius 2 is 1.50 bits per heavy atom. The molecular formula is C25H35F3O2. The third-order valence-electron chi connectivity index (χ3n) is 7.04. The molecule has 0 unspecified atom stereocenters. The number of halogens is 3. The maximum Gasteiger partial charge on any atom is 0.573 e. The van der Waals surface area contributed by atoms with Crippen LogP contribution in [0.15, 0.2) is 36.4 Å². The largest absolute Gasteiger partial charge is 0.573 e. The van der Waals surface area contributed by atoms with Gasteiger partial charge in [0.05, 0.1) is 6.61 Å². The number of hydrogen-bond donors (Lipinski definition) is 0. The van der Waals surface area contributed by atoms with E-state index in [2.05, 4.69) is 16.9 Å². The number of aryl methyl sites for hydroxylation is 1. The van der Waals surface area contributed by atoms with Crippen LogP contribution in [-0.4, -0.2) is 20.1 Å². The lowest BCUT2D eigenvalue weighted by Crippen LogP contribution is -2.25. The number of allylic oxidation sites excluding steroid dienone is 1. The maximum absolute atomic E-state index is 12.3. The fourth-order valence-electron chi connectivity index (χ4n) is 5.33. The molecule has 2 nitrogen and oxygen atoms in total. The van der Waals surface area contributed by atoms with Crippen molar-refractivity contribution in [2.24, 2.45) is 23.7 Å². The van der Waals surface area contributed by atoms with Gasteiger partial charge < -0.3 is 9.47 Å². The van der Waals surface area contributed by atoms with Crippen molar-refractivity contribution < 1.29 is 22.6 Å². The van der Waals surface area contributed by atoms with Crippen LogP contribution >= 0.6 is 0 Å². The van der Waals surface area contributed by atoms with Crippen molar-refractivity contribution in [3.05, 3.63) is 42.0 Å². The van der Waals surface area contributed by atoms with E-state index in [0.29, 0.717) is 0 Å². The Bertz CT molecular complexity index is 637. The molecule has 2 saturated carbocycles. The van der Waals surface area contributed by atoms with Crippen molar-refractivity contribution in [2.45, 2.75) is 70.6 Å². The van der Waals surface area contributed by atoms with E-state index in [-0.39, 0.29) is 5.75 Å². The van der Waals surface area contributed by atoms with Crippen molar-refractivity contribution >= 4 is 0 Å². The summed E-state index contributed by atoms with van der Waals surface area (Å²) in [5.74, 6) is 3.14. The van der Waals surface area contributed by atoms with E-state index in [1.807, 2.05) is 0 Å². The van der Waals surface area contributed by atoms with Crippen molar-refractivity contribution in [3.63, 3.8) is 0 Å². The summed E-state index contributed by atoms with van der Waals surface area (Å²) in [7, 11) is 1.74. The molecule has 3 rings (SSSR count). The summed E-state index contributed by atoms with van der Waals surface area (Å²) in [6, 6.07) is 6.35. The zero-order valence-corrected chi connectivity index (χ0v) is 18.0. The second-order valence-corrected chi connectivity index (χ2v) is 9.07. The first-order valence-electron chi connectivity index (χ1n) is 11.4. The van der Waals surface area contributed by atoms with Crippen LogP contribution in [0.1, 0.15) is 63.4 Å². The Hall–Kier alpha value is -1.49. The van der Waals surface area contributed by atoms with Gasteiger partial charge in [-0.05, 0) is 92.7 Å². The van der Waals surface area contributed by atoms with E-state index in [4.69, 9.17) is 4.74 Å². The van der Waals surface area contributed by atoms with Gasteiger partial charge in [0.1, 0.15) is 5.75 Å². The predicted octanol–water partition coefficient (Wildman–Crippen LogP) is 7.33. The molecule has 168 valence electrons. The number of hydrogen-bond acceptors (Lipinski definition) is 2. The molecule has 1 aromatic carbocycles. The molecule has 2 aliphatic rings. The Kier molecular flexibility index (Phi) is 8.67. The summed E-state index contributed by atoms with van der Waals surface area (Å²) < 4.78 is 45.8. The SMILES string of the molecule is COC/C=C/C1CCC(C2CCC(CCc3ccc(OC(F)(F)F)cc3)CC2)CC1. The molecule has 30 heavy (non-hydrogen) atoms. The van der Waals surface area contributed by atoms with Crippen LogP contribution < -0.4 is 4.74 Å². The van der Waals surface area contributed by atoms with Gasteiger partial charge in [0.2, 0.25) is 0 Å². The van der Waals surface area contributed by atoms with Crippen LogP contribution in [-0.2, 0) is 11.2 Å². The quantitative estimate of drug-likeness (QED) is 0.407. The molecular weight excluding hydrogens is 389 g/mol. The van der Waals surface area contributed by atoms with E-state index < -0.39 is 6.36 Å². The van der Waals surface area contributed by atoms with Gasteiger partial charge in [0, 0.05) is 7.11 Å². The lowest BCUT2D eigenvalue weighted by Gasteiger charge is -2.37. The van der Waals surface area contributed by atoms with Crippen LogP contribution in [0.2, 0.25) is 0 Å². The van der Waals surface area contributed by atoms with Crippen LogP contribution in [0, 0.1) is 23.7 Å². The Morgan fingerprint density at radius 1 is 0.900 bits per heavy atom. The molecule has 0 aromatic heterocycles. The highest BCUT2D eigenvalue weighted by Gasteiger charge is 2.31. The summed E-state index contributed by atoms with van der Waals surface area (Å²) in [4.78, 5) is 0. The summed E-state index contributed by atoms with van der Waals surface area (Å²) in [6.07, 6.45) is 12.6. The van der Waals surface area contributed by atoms with Crippen LogP contribution in [0.3, 0.4) is 0 Å². The van der Waals surface area contributed by atoms with Gasteiger partial charge >= 0.3 is 6.36 Å². The highest BCUT2D eigenvalue weighted by molar-refractivity contribution is 5.27. The minimum Gasteiger partial charge on any atom is -0.406 e. The standard InChI is InChI=1S/C25H35F3O2/c1-29-18-2-3-19-6-12-22(13-7-19)23-14-8-20(9-15-23)4-5-21-10-16-24(17-11-21)30-25(26,27)28/h2-3,10-11,16-17,19-20,22-23H,4-9,12-15,18H2,1H3/b3-2+. The van der Waals surface area contributed by atoms with Crippen molar-refractivity contribution in [1.82, 2.24) is 0 Å². The fraction of sp³-hybridized carbons (Fsp3) is 0.680. The maximum atomic E-state index is 12.3. The Labute approximate surface area is 178 Å². The highest BCUT2D eigenvalue weighted by atomic mass is 19.4. The molecule has 0 amide bonds. The smallest absolute Gasteiger partial charge is 0.406 e. The van der Waals surface area contributed by atoms with E-state index in [9.17, 15) is 13.2 Å². The third kappa shape index (κ3) is 7.64. The lowest BCUT2D eigenvalue weighted by molar-refractivity contribution is -0.274. The molecule has 0 radical (unpaired) electrons. The molecule has 0 saturated heterocycles. The monoisotopic (exact) mass is 424 g/mol. The van der Waals surface area contributed by atoms with Gasteiger partial charge in [-0.25, -0.2) is 0 Å². The van der Waals surface area contributed by atoms with Gasteiger partial charge in [0.25, 0.3) is 0 Å². The van der Waals surface area contributed by atoms with Crippen molar-refractivity contribution in [1.29, 1.82) is 0 Å². The zero-order chi connectivity index (χ0) is 21.4. The number of rotatable bonds is 8. The van der Waals surface area contributed by atoms with E-state index in [1.165, 1.54) is 63.5 Å². The van der Waals surface area contributed by atoms with Gasteiger partial charge in [-0.15, -0.1) is 13.2 Å². The average Bonchev–Trinajstić information content (AvgIpc) is 2.73. The normalized spacial score (nSPS) is 28.0. The van der Waals surface area contributed by atoms with Gasteiger partial charge in [-0.3, -0.25) is 0 Å². The molecule has 0 spiro atoms. The molecule has 1 aromatic rings. The molecule has 0 atom stereocenters. The molecule has 0 heterocycles. The summed E-state index contributed by atoms with van der Waals surface area (Å²) in [5, 5.41) is 0. The fourth-order valence-corrected chi connectivity index (χ4v) is 5.33. The number of methoxy groups -OCH3 is 1. The molecule has 2 fully saturated rings. The van der Waals surface area contributed by atoms with Crippen LogP contribution in [0.4, 0.5) is 13.2 Å². The van der Waals surface area contributed by atoms with E-state index in [0.717, 1.165) is 48.7 Å². The van der Waals surface area contributed by atoms with Gasteiger partial charge in [-0.2, -0.15) is 0 Å². The van der Waals surface area contributed by atoms with Crippen LogP contribution in [0.5, 0.6) is 5.75 Å². The third-order valence-corrected chi connectivity index (χ3v) is 7.04. The van der Waals surface area contributed by atoms with Crippen molar-refractivity contribution in [2.75, 3.05) is 13.7 Å². The average molecular weight is 425 g/mol. The highest BCUT2D eigenvalue weighted by Crippen LogP contribution is 2.42.